The van der Waals surface area contributed by atoms with Gasteiger partial charge in [-0.05, 0) is 31.1 Å². The first-order valence-corrected chi connectivity index (χ1v) is 7.71. The lowest BCUT2D eigenvalue weighted by molar-refractivity contribution is -0.135. The van der Waals surface area contributed by atoms with E-state index in [4.69, 9.17) is 5.73 Å². The predicted octanol–water partition coefficient (Wildman–Crippen LogP) is 1.30. The Balaban J connectivity index is 0.00000220. The number of amides is 2. The zero-order valence-electron chi connectivity index (χ0n) is 13.1. The highest BCUT2D eigenvalue weighted by molar-refractivity contribution is 5.85. The zero-order valence-corrected chi connectivity index (χ0v) is 13.9. The number of nitrogens with zero attached hydrogens (tertiary/aromatic N) is 1. The van der Waals surface area contributed by atoms with Crippen LogP contribution in [-0.4, -0.2) is 42.4 Å². The van der Waals surface area contributed by atoms with Crippen LogP contribution in [0.25, 0.3) is 0 Å². The quantitative estimate of drug-likeness (QED) is 0.750. The first kappa shape index (κ1) is 18.2. The van der Waals surface area contributed by atoms with E-state index in [0.717, 1.165) is 38.8 Å². The van der Waals surface area contributed by atoms with Crippen molar-refractivity contribution in [2.45, 2.75) is 52.0 Å². The fourth-order valence-corrected chi connectivity index (χ4v) is 2.69. The molecule has 122 valence electrons. The molecule has 2 fully saturated rings. The number of nitrogens with one attached hydrogen (secondary N) is 1. The van der Waals surface area contributed by atoms with Crippen LogP contribution in [0.4, 0.5) is 0 Å². The molecule has 1 atom stereocenters. The van der Waals surface area contributed by atoms with Crippen molar-refractivity contribution >= 4 is 24.2 Å². The summed E-state index contributed by atoms with van der Waals surface area (Å²) in [4.78, 5) is 25.5. The van der Waals surface area contributed by atoms with Crippen LogP contribution in [0, 0.1) is 11.3 Å². The molecule has 5 nitrogen and oxygen atoms in total. The van der Waals surface area contributed by atoms with Crippen molar-refractivity contribution in [3.05, 3.63) is 0 Å². The van der Waals surface area contributed by atoms with Gasteiger partial charge in [-0.2, -0.15) is 0 Å². The van der Waals surface area contributed by atoms with Crippen LogP contribution < -0.4 is 11.1 Å². The highest BCUT2D eigenvalue weighted by atomic mass is 35.5. The average Bonchev–Trinajstić information content (AvgIpc) is 3.21. The van der Waals surface area contributed by atoms with Crippen LogP contribution in [0.1, 0.15) is 46.0 Å². The Hall–Kier alpha value is -0.810. The van der Waals surface area contributed by atoms with Crippen LogP contribution in [0.5, 0.6) is 0 Å². The SMILES string of the molecule is CC1(C)CN(C(=O)CCCNC(=O)C2CC2)CCC1N.Cl. The lowest BCUT2D eigenvalue weighted by atomic mass is 9.79. The molecular weight excluding hydrogens is 290 g/mol. The molecule has 0 aromatic heterocycles. The third-order valence-corrected chi connectivity index (χ3v) is 4.48. The first-order chi connectivity index (χ1) is 9.40. The minimum atomic E-state index is -0.00585. The fourth-order valence-electron chi connectivity index (χ4n) is 2.69. The maximum atomic E-state index is 12.2. The molecule has 1 saturated heterocycles. The average molecular weight is 318 g/mol. The summed E-state index contributed by atoms with van der Waals surface area (Å²) in [5.74, 6) is 0.586. The highest BCUT2D eigenvalue weighted by Gasteiger charge is 2.35. The molecule has 21 heavy (non-hydrogen) atoms. The molecule has 6 heteroatoms. The number of carbonyl (C=O) groups excluding carboxylic acids is 2. The Kier molecular flexibility index (Phi) is 6.47. The number of piperidine rings is 1. The number of rotatable bonds is 5. The predicted molar refractivity (Wildman–Crippen MR) is 85.2 cm³/mol. The van der Waals surface area contributed by atoms with E-state index >= 15 is 0 Å². The first-order valence-electron chi connectivity index (χ1n) is 7.71. The van der Waals surface area contributed by atoms with Gasteiger partial charge in [0.2, 0.25) is 11.8 Å². The van der Waals surface area contributed by atoms with E-state index in [0.29, 0.717) is 13.0 Å². The van der Waals surface area contributed by atoms with Gasteiger partial charge >= 0.3 is 0 Å². The van der Waals surface area contributed by atoms with E-state index in [1.54, 1.807) is 0 Å². The molecule has 1 heterocycles. The fraction of sp³-hybridized carbons (Fsp3) is 0.867. The van der Waals surface area contributed by atoms with Gasteiger partial charge < -0.3 is 16.0 Å². The van der Waals surface area contributed by atoms with Crippen molar-refractivity contribution in [2.75, 3.05) is 19.6 Å². The molecule has 0 aromatic carbocycles. The Bertz CT molecular complexity index is 383. The molecule has 2 amide bonds. The molecule has 1 aliphatic carbocycles. The van der Waals surface area contributed by atoms with Crippen LogP contribution in [-0.2, 0) is 9.59 Å². The van der Waals surface area contributed by atoms with Crippen molar-refractivity contribution < 1.29 is 9.59 Å². The number of likely N-dealkylation sites (tertiary alicyclic amines) is 1. The number of hydrogen-bond donors (Lipinski definition) is 2. The van der Waals surface area contributed by atoms with Crippen molar-refractivity contribution in [1.29, 1.82) is 0 Å². The van der Waals surface area contributed by atoms with Crippen LogP contribution in [0.2, 0.25) is 0 Å². The lowest BCUT2D eigenvalue weighted by Gasteiger charge is -2.42. The summed E-state index contributed by atoms with van der Waals surface area (Å²) in [6, 6.07) is 0.171. The van der Waals surface area contributed by atoms with Gasteiger partial charge in [-0.15, -0.1) is 12.4 Å². The minimum Gasteiger partial charge on any atom is -0.356 e. The molecule has 0 radical (unpaired) electrons. The minimum absolute atomic E-state index is 0. The second kappa shape index (κ2) is 7.45. The summed E-state index contributed by atoms with van der Waals surface area (Å²) >= 11 is 0. The normalized spacial score (nSPS) is 24.1. The van der Waals surface area contributed by atoms with E-state index in [-0.39, 0.29) is 41.6 Å². The number of hydrogen-bond acceptors (Lipinski definition) is 3. The Labute approximate surface area is 133 Å². The maximum Gasteiger partial charge on any atom is 0.223 e. The van der Waals surface area contributed by atoms with Gasteiger partial charge in [-0.3, -0.25) is 9.59 Å². The van der Waals surface area contributed by atoms with Gasteiger partial charge in [-0.1, -0.05) is 13.8 Å². The van der Waals surface area contributed by atoms with Gasteiger partial charge in [0.25, 0.3) is 0 Å². The highest BCUT2D eigenvalue weighted by Crippen LogP contribution is 2.29. The summed E-state index contributed by atoms with van der Waals surface area (Å²) in [5, 5.41) is 2.90. The van der Waals surface area contributed by atoms with Crippen molar-refractivity contribution in [3.8, 4) is 0 Å². The Morgan fingerprint density at radius 3 is 2.52 bits per heavy atom. The number of halogens is 1. The van der Waals surface area contributed by atoms with E-state index in [2.05, 4.69) is 19.2 Å². The van der Waals surface area contributed by atoms with E-state index in [1.165, 1.54) is 0 Å². The third-order valence-electron chi connectivity index (χ3n) is 4.48. The second-order valence-corrected chi connectivity index (χ2v) is 6.87. The summed E-state index contributed by atoms with van der Waals surface area (Å²) in [7, 11) is 0. The van der Waals surface area contributed by atoms with Crippen molar-refractivity contribution in [1.82, 2.24) is 10.2 Å². The van der Waals surface area contributed by atoms with E-state index in [1.807, 2.05) is 4.90 Å². The summed E-state index contributed by atoms with van der Waals surface area (Å²) in [5.41, 5.74) is 6.07. The summed E-state index contributed by atoms with van der Waals surface area (Å²) in [6.07, 6.45) is 4.15. The maximum absolute atomic E-state index is 12.2. The molecule has 3 N–H and O–H groups in total. The second-order valence-electron chi connectivity index (χ2n) is 6.87. The standard InChI is InChI=1S/C15H27N3O2.ClH/c1-15(2)10-18(9-7-12(15)16)13(19)4-3-8-17-14(20)11-5-6-11;/h11-12H,3-10,16H2,1-2H3,(H,17,20);1H. The monoisotopic (exact) mass is 317 g/mol. The molecular formula is C15H28ClN3O2. The summed E-state index contributed by atoms with van der Waals surface area (Å²) < 4.78 is 0. The summed E-state index contributed by atoms with van der Waals surface area (Å²) in [6.45, 7) is 6.34. The van der Waals surface area contributed by atoms with Gasteiger partial charge in [0.1, 0.15) is 0 Å². The molecule has 1 unspecified atom stereocenters. The molecule has 0 bridgehead atoms. The van der Waals surface area contributed by atoms with E-state index in [9.17, 15) is 9.59 Å². The molecule has 1 aliphatic heterocycles. The smallest absolute Gasteiger partial charge is 0.223 e. The van der Waals surface area contributed by atoms with Gasteiger partial charge in [0, 0.05) is 38.0 Å². The number of nitrogens with two attached hydrogens (primary N) is 1. The van der Waals surface area contributed by atoms with Gasteiger partial charge in [0.15, 0.2) is 0 Å². The van der Waals surface area contributed by atoms with Crippen molar-refractivity contribution in [3.63, 3.8) is 0 Å². The topological polar surface area (TPSA) is 75.4 Å². The zero-order chi connectivity index (χ0) is 14.8. The third kappa shape index (κ3) is 5.15. The van der Waals surface area contributed by atoms with Gasteiger partial charge in [0.05, 0.1) is 0 Å². The van der Waals surface area contributed by atoms with Crippen LogP contribution in [0.3, 0.4) is 0 Å². The molecule has 1 saturated carbocycles. The van der Waals surface area contributed by atoms with Crippen LogP contribution >= 0.6 is 12.4 Å². The lowest BCUT2D eigenvalue weighted by Crippen LogP contribution is -2.54. The largest absolute Gasteiger partial charge is 0.356 e. The Morgan fingerprint density at radius 2 is 1.95 bits per heavy atom. The van der Waals surface area contributed by atoms with E-state index < -0.39 is 0 Å². The van der Waals surface area contributed by atoms with Crippen molar-refractivity contribution in [2.24, 2.45) is 17.1 Å². The molecule has 2 aliphatic rings. The molecule has 2 rings (SSSR count). The van der Waals surface area contributed by atoms with Crippen LogP contribution in [0.15, 0.2) is 0 Å². The van der Waals surface area contributed by atoms with Gasteiger partial charge in [-0.25, -0.2) is 0 Å². The Morgan fingerprint density at radius 1 is 1.29 bits per heavy atom. The number of carbonyl (C=O) groups is 2. The molecule has 0 aromatic rings. The molecule has 0 spiro atoms.